The normalized spacial score (nSPS) is 10.4. The third-order valence-electron chi connectivity index (χ3n) is 3.61. The molecule has 0 bridgehead atoms. The number of carboxylic acids is 2. The first-order valence-corrected chi connectivity index (χ1v) is 7.86. The number of alkyl halides is 1. The third kappa shape index (κ3) is 3.07. The van der Waals surface area contributed by atoms with Crippen molar-refractivity contribution in [2.75, 3.05) is 7.11 Å². The van der Waals surface area contributed by atoms with E-state index in [4.69, 9.17) is 4.74 Å². The molecule has 0 aromatic heterocycles. The topological polar surface area (TPSA) is 83.8 Å². The number of methoxy groups -OCH3 is 1. The summed E-state index contributed by atoms with van der Waals surface area (Å²) < 4.78 is 5.30. The van der Waals surface area contributed by atoms with Gasteiger partial charge in [-0.05, 0) is 30.2 Å². The molecule has 0 aliphatic heterocycles. The van der Waals surface area contributed by atoms with E-state index < -0.39 is 11.9 Å². The van der Waals surface area contributed by atoms with Gasteiger partial charge in [-0.15, -0.1) is 0 Å². The van der Waals surface area contributed by atoms with Crippen molar-refractivity contribution in [2.24, 2.45) is 0 Å². The van der Waals surface area contributed by atoms with Crippen molar-refractivity contribution in [3.63, 3.8) is 0 Å². The van der Waals surface area contributed by atoms with Crippen molar-refractivity contribution in [1.29, 1.82) is 0 Å². The Morgan fingerprint density at radius 3 is 2.35 bits per heavy atom. The molecule has 0 heterocycles. The largest absolute Gasteiger partial charge is 0.496 e. The van der Waals surface area contributed by atoms with E-state index in [1.165, 1.54) is 19.2 Å². The van der Waals surface area contributed by atoms with Crippen molar-refractivity contribution in [2.45, 2.75) is 12.3 Å². The highest BCUT2D eigenvalue weighted by Gasteiger charge is 2.24. The van der Waals surface area contributed by atoms with E-state index in [9.17, 15) is 19.8 Å². The second kappa shape index (κ2) is 6.83. The van der Waals surface area contributed by atoms with Gasteiger partial charge in [-0.2, -0.15) is 0 Å². The van der Waals surface area contributed by atoms with Gasteiger partial charge in [0, 0.05) is 16.5 Å². The number of carbonyl (C=O) groups is 2. The van der Waals surface area contributed by atoms with Gasteiger partial charge in [-0.3, -0.25) is 0 Å². The molecule has 0 saturated heterocycles. The lowest BCUT2D eigenvalue weighted by Gasteiger charge is -2.17. The van der Waals surface area contributed by atoms with Crippen LogP contribution < -0.4 is 4.74 Å². The van der Waals surface area contributed by atoms with E-state index in [0.29, 0.717) is 27.8 Å². The summed E-state index contributed by atoms with van der Waals surface area (Å²) in [4.78, 5) is 23.3. The molecule has 0 fully saturated rings. The molecule has 0 atom stereocenters. The van der Waals surface area contributed by atoms with Crippen LogP contribution in [0.4, 0.5) is 0 Å². The number of ether oxygens (including phenoxy) is 1. The quantitative estimate of drug-likeness (QED) is 0.769. The Kier molecular flexibility index (Phi) is 5.05. The fraction of sp³-hybridized carbons (Fsp3) is 0.176. The van der Waals surface area contributed by atoms with Crippen molar-refractivity contribution >= 4 is 27.9 Å². The van der Waals surface area contributed by atoms with E-state index in [1.807, 2.05) is 0 Å². The van der Waals surface area contributed by atoms with Gasteiger partial charge in [0.2, 0.25) is 0 Å². The molecule has 6 heteroatoms. The monoisotopic (exact) mass is 378 g/mol. The van der Waals surface area contributed by atoms with Gasteiger partial charge in [-0.1, -0.05) is 34.1 Å². The molecular weight excluding hydrogens is 364 g/mol. The van der Waals surface area contributed by atoms with Gasteiger partial charge in [-0.25, -0.2) is 9.59 Å². The van der Waals surface area contributed by atoms with Crippen LogP contribution in [0.2, 0.25) is 0 Å². The molecule has 2 N–H and O–H groups in total. The zero-order chi connectivity index (χ0) is 17.1. The highest BCUT2D eigenvalue weighted by Crippen LogP contribution is 2.37. The van der Waals surface area contributed by atoms with Gasteiger partial charge in [0.05, 0.1) is 18.2 Å². The van der Waals surface area contributed by atoms with E-state index in [2.05, 4.69) is 15.9 Å². The van der Waals surface area contributed by atoms with Gasteiger partial charge >= 0.3 is 11.9 Å². The van der Waals surface area contributed by atoms with Crippen molar-refractivity contribution in [3.8, 4) is 16.9 Å². The summed E-state index contributed by atoms with van der Waals surface area (Å²) in [5, 5.41) is 19.4. The van der Waals surface area contributed by atoms with Crippen LogP contribution in [0.15, 0.2) is 30.3 Å². The second-order valence-electron chi connectivity index (χ2n) is 4.91. The number of benzene rings is 2. The predicted octanol–water partition coefficient (Wildman–Crippen LogP) is 3.96. The number of hydrogen-bond acceptors (Lipinski definition) is 3. The molecule has 2 rings (SSSR count). The zero-order valence-electron chi connectivity index (χ0n) is 12.6. The molecule has 2 aromatic rings. The Morgan fingerprint density at radius 1 is 1.13 bits per heavy atom. The second-order valence-corrected chi connectivity index (χ2v) is 5.47. The van der Waals surface area contributed by atoms with Gasteiger partial charge in [0.1, 0.15) is 5.75 Å². The lowest BCUT2D eigenvalue weighted by molar-refractivity contribution is 0.0695. The number of hydrogen-bond donors (Lipinski definition) is 2. The SMILES string of the molecule is COc1cccc(-c2c(C(=O)O)ccc(C)c2C(=O)O)c1CBr. The number of aromatic carboxylic acids is 2. The summed E-state index contributed by atoms with van der Waals surface area (Å²) in [6.45, 7) is 1.65. The molecule has 0 saturated carbocycles. The standard InChI is InChI=1S/C17H15BrO5/c1-9-6-7-11(16(19)20)15(14(9)17(21)22)10-4-3-5-13(23-2)12(10)8-18/h3-7H,8H2,1-2H3,(H,19,20)(H,21,22). The van der Waals surface area contributed by atoms with Crippen LogP contribution in [0.5, 0.6) is 5.75 Å². The minimum absolute atomic E-state index is 0.0136. The Hall–Kier alpha value is -2.34. The van der Waals surface area contributed by atoms with Crippen LogP contribution in [0.25, 0.3) is 11.1 Å². The summed E-state index contributed by atoms with van der Waals surface area (Å²) >= 11 is 3.36. The summed E-state index contributed by atoms with van der Waals surface area (Å²) in [5.41, 5.74) is 1.85. The lowest BCUT2D eigenvalue weighted by atomic mass is 9.88. The molecule has 0 spiro atoms. The minimum Gasteiger partial charge on any atom is -0.496 e. The van der Waals surface area contributed by atoms with Crippen LogP contribution in [0, 0.1) is 6.92 Å². The Morgan fingerprint density at radius 2 is 1.83 bits per heavy atom. The van der Waals surface area contributed by atoms with E-state index >= 15 is 0 Å². The van der Waals surface area contributed by atoms with E-state index in [0.717, 1.165) is 0 Å². The van der Waals surface area contributed by atoms with Crippen LogP contribution in [-0.2, 0) is 5.33 Å². The molecule has 120 valence electrons. The molecule has 5 nitrogen and oxygen atoms in total. The first kappa shape index (κ1) is 17.0. The van der Waals surface area contributed by atoms with Crippen molar-refractivity contribution in [1.82, 2.24) is 0 Å². The maximum atomic E-state index is 11.7. The third-order valence-corrected chi connectivity index (χ3v) is 4.17. The Bertz CT molecular complexity index is 783. The molecule has 0 aliphatic rings. The molecule has 0 unspecified atom stereocenters. The lowest BCUT2D eigenvalue weighted by Crippen LogP contribution is -2.10. The van der Waals surface area contributed by atoms with Crippen LogP contribution in [-0.4, -0.2) is 29.3 Å². The van der Waals surface area contributed by atoms with Gasteiger partial charge < -0.3 is 14.9 Å². The summed E-state index contributed by atoms with van der Waals surface area (Å²) in [6.07, 6.45) is 0. The molecule has 0 radical (unpaired) electrons. The summed E-state index contributed by atoms with van der Waals surface area (Å²) in [5.74, 6) is -1.77. The molecule has 0 aliphatic carbocycles. The average molecular weight is 379 g/mol. The van der Waals surface area contributed by atoms with Crippen LogP contribution >= 0.6 is 15.9 Å². The first-order chi connectivity index (χ1) is 10.9. The fourth-order valence-corrected chi connectivity index (χ4v) is 3.15. The van der Waals surface area contributed by atoms with Crippen LogP contribution in [0.1, 0.15) is 31.8 Å². The highest BCUT2D eigenvalue weighted by molar-refractivity contribution is 9.08. The zero-order valence-corrected chi connectivity index (χ0v) is 14.2. The molecule has 0 amide bonds. The van der Waals surface area contributed by atoms with Crippen molar-refractivity contribution < 1.29 is 24.5 Å². The minimum atomic E-state index is -1.18. The van der Waals surface area contributed by atoms with E-state index in [1.54, 1.807) is 25.1 Å². The molecular formula is C17H15BrO5. The van der Waals surface area contributed by atoms with Crippen molar-refractivity contribution in [3.05, 3.63) is 52.6 Å². The predicted molar refractivity (Wildman–Crippen MR) is 89.7 cm³/mol. The number of rotatable bonds is 5. The number of aryl methyl sites for hydroxylation is 1. The molecule has 23 heavy (non-hydrogen) atoms. The molecule has 2 aromatic carbocycles. The van der Waals surface area contributed by atoms with E-state index in [-0.39, 0.29) is 16.7 Å². The summed E-state index contributed by atoms with van der Waals surface area (Å²) in [7, 11) is 1.51. The maximum absolute atomic E-state index is 11.7. The maximum Gasteiger partial charge on any atom is 0.336 e. The first-order valence-electron chi connectivity index (χ1n) is 6.74. The van der Waals surface area contributed by atoms with Gasteiger partial charge in [0.15, 0.2) is 0 Å². The number of carboxylic acid groups (broad SMARTS) is 2. The van der Waals surface area contributed by atoms with Crippen LogP contribution in [0.3, 0.4) is 0 Å². The van der Waals surface area contributed by atoms with Gasteiger partial charge in [0.25, 0.3) is 0 Å². The highest BCUT2D eigenvalue weighted by atomic mass is 79.9. The average Bonchev–Trinajstić information content (AvgIpc) is 2.52. The Balaban J connectivity index is 2.95. The number of halogens is 1. The summed E-state index contributed by atoms with van der Waals surface area (Å²) in [6, 6.07) is 8.09. The fourth-order valence-electron chi connectivity index (χ4n) is 2.57. The smallest absolute Gasteiger partial charge is 0.336 e. The Labute approximate surface area is 141 Å².